The van der Waals surface area contributed by atoms with Crippen LogP contribution in [0.5, 0.6) is 0 Å². The molecule has 2 aromatic rings. The number of hydrogen-bond donors (Lipinski definition) is 2. The highest BCUT2D eigenvalue weighted by molar-refractivity contribution is 7.98. The Bertz CT molecular complexity index is 597. The average Bonchev–Trinajstić information content (AvgIpc) is 2.55. The number of benzene rings is 2. The van der Waals surface area contributed by atoms with Crippen molar-refractivity contribution in [1.82, 2.24) is 5.32 Å². The Labute approximate surface area is 149 Å². The fourth-order valence-corrected chi connectivity index (χ4v) is 3.46. The van der Waals surface area contributed by atoms with Gasteiger partial charge in [-0.05, 0) is 55.4 Å². The molecule has 122 valence electrons. The predicted octanol–water partition coefficient (Wildman–Crippen LogP) is 5.45. The molecule has 2 nitrogen and oxygen atoms in total. The molecule has 0 aromatic heterocycles. The molecule has 23 heavy (non-hydrogen) atoms. The van der Waals surface area contributed by atoms with Gasteiger partial charge in [-0.2, -0.15) is 0 Å². The molecule has 2 rings (SSSR count). The summed E-state index contributed by atoms with van der Waals surface area (Å²) in [4.78, 5) is 1.30. The number of thiocarbonyl (C=S) groups is 1. The number of rotatable bonds is 7. The van der Waals surface area contributed by atoms with Crippen molar-refractivity contribution in [2.75, 3.05) is 5.32 Å². The van der Waals surface area contributed by atoms with E-state index in [0.717, 1.165) is 24.3 Å². The van der Waals surface area contributed by atoms with E-state index in [1.807, 2.05) is 17.8 Å². The van der Waals surface area contributed by atoms with Gasteiger partial charge in [0, 0.05) is 22.4 Å². The van der Waals surface area contributed by atoms with Crippen molar-refractivity contribution in [2.24, 2.45) is 0 Å². The van der Waals surface area contributed by atoms with Crippen LogP contribution in [0.4, 0.5) is 5.69 Å². The summed E-state index contributed by atoms with van der Waals surface area (Å²) in [5, 5.41) is 7.24. The molecule has 0 aliphatic rings. The third-order valence-electron chi connectivity index (χ3n) is 3.46. The summed E-state index contributed by atoms with van der Waals surface area (Å²) in [6.07, 6.45) is 2.28. The summed E-state index contributed by atoms with van der Waals surface area (Å²) < 4.78 is 0. The van der Waals surface area contributed by atoms with E-state index in [1.165, 1.54) is 10.5 Å². The van der Waals surface area contributed by atoms with E-state index < -0.39 is 0 Å². The lowest BCUT2D eigenvalue weighted by atomic mass is 10.2. The molecule has 0 saturated carbocycles. The molecule has 0 bridgehead atoms. The Hall–Kier alpha value is -1.52. The van der Waals surface area contributed by atoms with E-state index in [9.17, 15) is 0 Å². The Morgan fingerprint density at radius 1 is 1.09 bits per heavy atom. The summed E-state index contributed by atoms with van der Waals surface area (Å²) >= 11 is 7.20. The smallest absolute Gasteiger partial charge is 0.170 e. The normalized spacial score (nSPS) is 11.7. The second-order valence-corrected chi connectivity index (χ2v) is 7.04. The highest BCUT2D eigenvalue weighted by Gasteiger charge is 2.03. The van der Waals surface area contributed by atoms with E-state index in [2.05, 4.69) is 73.0 Å². The Morgan fingerprint density at radius 3 is 2.43 bits per heavy atom. The molecule has 0 aliphatic carbocycles. The Balaban J connectivity index is 1.81. The molecule has 0 fully saturated rings. The number of anilines is 1. The van der Waals surface area contributed by atoms with Crippen LogP contribution in [0.1, 0.15) is 32.3 Å². The molecule has 0 spiro atoms. The van der Waals surface area contributed by atoms with Crippen molar-refractivity contribution < 1.29 is 0 Å². The summed E-state index contributed by atoms with van der Waals surface area (Å²) in [6, 6.07) is 19.3. The standard InChI is InChI=1S/C19H24N2S2/c1-3-7-15(2)20-19(22)21-17-12-10-16(11-13-17)14-23-18-8-5-4-6-9-18/h4-6,8-13,15H,3,7,14H2,1-2H3,(H2,20,21,22)/t15-/m0/s1. The van der Waals surface area contributed by atoms with Gasteiger partial charge in [-0.25, -0.2) is 0 Å². The molecule has 0 heterocycles. The maximum atomic E-state index is 5.35. The lowest BCUT2D eigenvalue weighted by Gasteiger charge is -2.16. The molecule has 2 aromatic carbocycles. The molecule has 0 saturated heterocycles. The van der Waals surface area contributed by atoms with E-state index >= 15 is 0 Å². The monoisotopic (exact) mass is 344 g/mol. The third-order valence-corrected chi connectivity index (χ3v) is 4.76. The largest absolute Gasteiger partial charge is 0.360 e. The second-order valence-electron chi connectivity index (χ2n) is 5.59. The summed E-state index contributed by atoms with van der Waals surface area (Å²) in [5.41, 5.74) is 2.34. The highest BCUT2D eigenvalue weighted by atomic mass is 32.2. The van der Waals surface area contributed by atoms with Crippen molar-refractivity contribution >= 4 is 34.8 Å². The Morgan fingerprint density at radius 2 is 1.78 bits per heavy atom. The van der Waals surface area contributed by atoms with Crippen molar-refractivity contribution in [2.45, 2.75) is 43.4 Å². The average molecular weight is 345 g/mol. The van der Waals surface area contributed by atoms with Crippen molar-refractivity contribution in [3.63, 3.8) is 0 Å². The zero-order valence-corrected chi connectivity index (χ0v) is 15.3. The zero-order chi connectivity index (χ0) is 16.5. The topological polar surface area (TPSA) is 24.1 Å². The molecular weight excluding hydrogens is 320 g/mol. The first kappa shape index (κ1) is 17.8. The quantitative estimate of drug-likeness (QED) is 0.515. The van der Waals surface area contributed by atoms with Crippen LogP contribution in [0.3, 0.4) is 0 Å². The molecule has 0 unspecified atom stereocenters. The minimum Gasteiger partial charge on any atom is -0.360 e. The first-order chi connectivity index (χ1) is 11.2. The lowest BCUT2D eigenvalue weighted by Crippen LogP contribution is -2.35. The van der Waals surface area contributed by atoms with Crippen LogP contribution in [-0.4, -0.2) is 11.2 Å². The van der Waals surface area contributed by atoms with Gasteiger partial charge in [0.05, 0.1) is 0 Å². The van der Waals surface area contributed by atoms with Crippen molar-refractivity contribution in [1.29, 1.82) is 0 Å². The number of thioether (sulfide) groups is 1. The van der Waals surface area contributed by atoms with E-state index in [-0.39, 0.29) is 0 Å². The first-order valence-corrected chi connectivity index (χ1v) is 9.41. The van der Waals surface area contributed by atoms with Gasteiger partial charge >= 0.3 is 0 Å². The van der Waals surface area contributed by atoms with Crippen molar-refractivity contribution in [3.8, 4) is 0 Å². The maximum Gasteiger partial charge on any atom is 0.170 e. The van der Waals surface area contributed by atoms with Crippen molar-refractivity contribution in [3.05, 3.63) is 60.2 Å². The van der Waals surface area contributed by atoms with Crippen LogP contribution in [0, 0.1) is 0 Å². The third kappa shape index (κ3) is 6.63. The van der Waals surface area contributed by atoms with Gasteiger partial charge in [-0.15, -0.1) is 11.8 Å². The number of hydrogen-bond acceptors (Lipinski definition) is 2. The van der Waals surface area contributed by atoms with Crippen LogP contribution in [0.25, 0.3) is 0 Å². The summed E-state index contributed by atoms with van der Waals surface area (Å²) in [6.45, 7) is 4.34. The second kappa shape index (κ2) is 9.58. The van der Waals surface area contributed by atoms with Gasteiger partial charge in [0.1, 0.15) is 0 Å². The molecule has 4 heteroatoms. The van der Waals surface area contributed by atoms with Crippen LogP contribution in [0.2, 0.25) is 0 Å². The lowest BCUT2D eigenvalue weighted by molar-refractivity contribution is 0.599. The molecular formula is C19H24N2S2. The van der Waals surface area contributed by atoms with Gasteiger partial charge in [-0.3, -0.25) is 0 Å². The number of nitrogens with one attached hydrogen (secondary N) is 2. The fraction of sp³-hybridized carbons (Fsp3) is 0.316. The van der Waals surface area contributed by atoms with Crippen LogP contribution >= 0.6 is 24.0 Å². The molecule has 0 radical (unpaired) electrons. The SMILES string of the molecule is CCC[C@H](C)NC(=S)Nc1ccc(CSc2ccccc2)cc1. The summed E-state index contributed by atoms with van der Waals surface area (Å²) in [7, 11) is 0. The van der Waals surface area contributed by atoms with E-state index in [0.29, 0.717) is 11.2 Å². The van der Waals surface area contributed by atoms with Crippen LogP contribution in [0.15, 0.2) is 59.5 Å². The molecule has 0 aliphatic heterocycles. The highest BCUT2D eigenvalue weighted by Crippen LogP contribution is 2.23. The molecule has 2 N–H and O–H groups in total. The van der Waals surface area contributed by atoms with E-state index in [1.54, 1.807) is 0 Å². The minimum absolute atomic E-state index is 0.404. The first-order valence-electron chi connectivity index (χ1n) is 8.01. The van der Waals surface area contributed by atoms with Crippen LogP contribution < -0.4 is 10.6 Å². The zero-order valence-electron chi connectivity index (χ0n) is 13.7. The minimum atomic E-state index is 0.404. The van der Waals surface area contributed by atoms with E-state index in [4.69, 9.17) is 12.2 Å². The Kier molecular flexibility index (Phi) is 7.43. The molecule has 0 amide bonds. The molecule has 1 atom stereocenters. The van der Waals surface area contributed by atoms with Crippen LogP contribution in [-0.2, 0) is 5.75 Å². The van der Waals surface area contributed by atoms with Gasteiger partial charge in [0.25, 0.3) is 0 Å². The van der Waals surface area contributed by atoms with Gasteiger partial charge in [0.15, 0.2) is 5.11 Å². The van der Waals surface area contributed by atoms with Gasteiger partial charge in [-0.1, -0.05) is 43.7 Å². The predicted molar refractivity (Wildman–Crippen MR) is 106 cm³/mol. The van der Waals surface area contributed by atoms with Gasteiger partial charge in [0.2, 0.25) is 0 Å². The summed E-state index contributed by atoms with van der Waals surface area (Å²) in [5.74, 6) is 0.973. The van der Waals surface area contributed by atoms with Gasteiger partial charge < -0.3 is 10.6 Å². The fourth-order valence-electron chi connectivity index (χ4n) is 2.26. The maximum absolute atomic E-state index is 5.35.